The first-order valence-electron chi connectivity index (χ1n) is 4.85. The molecular formula is C12H7Cl3FNO. The van der Waals surface area contributed by atoms with Gasteiger partial charge in [0.15, 0.2) is 17.3 Å². The van der Waals surface area contributed by atoms with Crippen LogP contribution in [0.5, 0.6) is 11.5 Å². The molecule has 0 radical (unpaired) electrons. The first-order chi connectivity index (χ1) is 8.49. The summed E-state index contributed by atoms with van der Waals surface area (Å²) in [5, 5.41) is 0.530. The minimum absolute atomic E-state index is 0.0346. The van der Waals surface area contributed by atoms with Crippen molar-refractivity contribution in [3.63, 3.8) is 0 Å². The van der Waals surface area contributed by atoms with E-state index < -0.39 is 5.82 Å². The lowest BCUT2D eigenvalue weighted by molar-refractivity contribution is 0.444. The number of halogens is 4. The molecule has 0 bridgehead atoms. The van der Waals surface area contributed by atoms with Crippen molar-refractivity contribution >= 4 is 40.5 Å². The number of nitrogens with two attached hydrogens (primary N) is 1. The molecule has 6 heteroatoms. The lowest BCUT2D eigenvalue weighted by Gasteiger charge is -2.10. The molecule has 0 saturated heterocycles. The smallest absolute Gasteiger partial charge is 0.184 e. The van der Waals surface area contributed by atoms with Crippen LogP contribution in [-0.4, -0.2) is 0 Å². The zero-order valence-electron chi connectivity index (χ0n) is 8.88. The van der Waals surface area contributed by atoms with Crippen LogP contribution < -0.4 is 10.5 Å². The van der Waals surface area contributed by atoms with Gasteiger partial charge in [-0.25, -0.2) is 4.39 Å². The molecule has 2 aromatic rings. The Morgan fingerprint density at radius 2 is 1.61 bits per heavy atom. The van der Waals surface area contributed by atoms with E-state index in [0.29, 0.717) is 5.02 Å². The Morgan fingerprint density at radius 1 is 0.944 bits per heavy atom. The van der Waals surface area contributed by atoms with Gasteiger partial charge in [0.2, 0.25) is 0 Å². The quantitative estimate of drug-likeness (QED) is 0.778. The van der Waals surface area contributed by atoms with E-state index in [-0.39, 0.29) is 27.2 Å². The summed E-state index contributed by atoms with van der Waals surface area (Å²) in [6, 6.07) is 7.26. The Balaban J connectivity index is 2.40. The van der Waals surface area contributed by atoms with Crippen LogP contribution in [0.15, 0.2) is 30.3 Å². The molecule has 0 aliphatic rings. The highest BCUT2D eigenvalue weighted by molar-refractivity contribution is 6.42. The molecule has 0 amide bonds. The minimum atomic E-state index is -0.662. The summed E-state index contributed by atoms with van der Waals surface area (Å²) in [6.45, 7) is 0. The zero-order valence-corrected chi connectivity index (χ0v) is 11.2. The average molecular weight is 307 g/mol. The minimum Gasteiger partial charge on any atom is -0.452 e. The van der Waals surface area contributed by atoms with Crippen LogP contribution >= 0.6 is 34.8 Å². The van der Waals surface area contributed by atoms with Gasteiger partial charge in [0.25, 0.3) is 0 Å². The van der Waals surface area contributed by atoms with Gasteiger partial charge in [-0.2, -0.15) is 0 Å². The van der Waals surface area contributed by atoms with Crippen molar-refractivity contribution in [2.75, 3.05) is 5.73 Å². The fourth-order valence-corrected chi connectivity index (χ4v) is 1.81. The van der Waals surface area contributed by atoms with Crippen molar-refractivity contribution in [3.8, 4) is 11.5 Å². The highest BCUT2D eigenvalue weighted by Crippen LogP contribution is 2.36. The topological polar surface area (TPSA) is 35.2 Å². The largest absolute Gasteiger partial charge is 0.452 e. The van der Waals surface area contributed by atoms with Gasteiger partial charge in [0, 0.05) is 6.07 Å². The van der Waals surface area contributed by atoms with Gasteiger partial charge in [-0.1, -0.05) is 40.9 Å². The third kappa shape index (κ3) is 2.64. The number of rotatable bonds is 2. The van der Waals surface area contributed by atoms with Gasteiger partial charge in [0.1, 0.15) is 0 Å². The molecule has 2 nitrogen and oxygen atoms in total. The van der Waals surface area contributed by atoms with Crippen molar-refractivity contribution in [3.05, 3.63) is 51.2 Å². The van der Waals surface area contributed by atoms with Gasteiger partial charge < -0.3 is 10.5 Å². The maximum atomic E-state index is 13.6. The molecule has 0 aliphatic heterocycles. The van der Waals surface area contributed by atoms with Crippen LogP contribution in [0.1, 0.15) is 0 Å². The summed E-state index contributed by atoms with van der Waals surface area (Å²) in [4.78, 5) is 0. The van der Waals surface area contributed by atoms with Crippen LogP contribution in [0.2, 0.25) is 15.1 Å². The summed E-state index contributed by atoms with van der Waals surface area (Å²) < 4.78 is 19.0. The second kappa shape index (κ2) is 5.22. The summed E-state index contributed by atoms with van der Waals surface area (Å²) in [7, 11) is 0. The highest BCUT2D eigenvalue weighted by Gasteiger charge is 2.12. The predicted molar refractivity (Wildman–Crippen MR) is 72.4 cm³/mol. The lowest BCUT2D eigenvalue weighted by atomic mass is 10.3. The summed E-state index contributed by atoms with van der Waals surface area (Å²) in [6.07, 6.45) is 0. The van der Waals surface area contributed by atoms with Gasteiger partial charge in [-0.05, 0) is 18.2 Å². The monoisotopic (exact) mass is 305 g/mol. The number of hydrogen-bond donors (Lipinski definition) is 1. The Hall–Kier alpha value is -1.16. The molecule has 0 heterocycles. The van der Waals surface area contributed by atoms with E-state index in [2.05, 4.69) is 0 Å². The van der Waals surface area contributed by atoms with Crippen molar-refractivity contribution in [1.82, 2.24) is 0 Å². The van der Waals surface area contributed by atoms with Crippen molar-refractivity contribution < 1.29 is 9.13 Å². The Kier molecular flexibility index (Phi) is 3.85. The Labute approximate surface area is 118 Å². The number of nitrogen functional groups attached to an aromatic ring is 1. The molecule has 2 N–H and O–H groups in total. The molecule has 0 atom stereocenters. The Morgan fingerprint density at radius 3 is 2.33 bits per heavy atom. The molecule has 0 unspecified atom stereocenters. The van der Waals surface area contributed by atoms with Gasteiger partial charge in [0.05, 0.1) is 20.8 Å². The maximum Gasteiger partial charge on any atom is 0.184 e. The van der Waals surface area contributed by atoms with Crippen molar-refractivity contribution in [2.24, 2.45) is 0 Å². The summed E-state index contributed by atoms with van der Waals surface area (Å²) >= 11 is 17.3. The number of ether oxygens (including phenoxy) is 1. The van der Waals surface area contributed by atoms with Gasteiger partial charge in [-0.3, -0.25) is 0 Å². The summed E-state index contributed by atoms with van der Waals surface area (Å²) in [5.41, 5.74) is 5.96. The van der Waals surface area contributed by atoms with Crippen LogP contribution in [0, 0.1) is 5.82 Å². The maximum absolute atomic E-state index is 13.6. The van der Waals surface area contributed by atoms with E-state index in [9.17, 15) is 4.39 Å². The average Bonchev–Trinajstić information content (AvgIpc) is 2.32. The molecule has 94 valence electrons. The summed E-state index contributed by atoms with van der Waals surface area (Å²) in [5.74, 6) is -0.484. The SMILES string of the molecule is Nc1cc(Cl)c(Cl)cc1Oc1cccc(Cl)c1F. The molecule has 0 aromatic heterocycles. The van der Waals surface area contributed by atoms with Crippen LogP contribution in [0.25, 0.3) is 0 Å². The molecule has 2 aromatic carbocycles. The molecule has 0 spiro atoms. The van der Waals surface area contributed by atoms with E-state index in [1.165, 1.54) is 24.3 Å². The van der Waals surface area contributed by atoms with Gasteiger partial charge in [-0.15, -0.1) is 0 Å². The molecule has 0 fully saturated rings. The van der Waals surface area contributed by atoms with E-state index in [0.717, 1.165) is 0 Å². The fourth-order valence-electron chi connectivity index (χ4n) is 1.31. The number of anilines is 1. The molecule has 2 rings (SSSR count). The van der Waals surface area contributed by atoms with E-state index >= 15 is 0 Å². The highest BCUT2D eigenvalue weighted by atomic mass is 35.5. The molecular weight excluding hydrogens is 299 g/mol. The Bertz CT molecular complexity index is 604. The lowest BCUT2D eigenvalue weighted by Crippen LogP contribution is -1.94. The predicted octanol–water partition coefficient (Wildman–Crippen LogP) is 5.16. The third-order valence-electron chi connectivity index (χ3n) is 2.19. The van der Waals surface area contributed by atoms with Gasteiger partial charge >= 0.3 is 0 Å². The van der Waals surface area contributed by atoms with E-state index in [4.69, 9.17) is 45.3 Å². The second-order valence-corrected chi connectivity index (χ2v) is 4.68. The van der Waals surface area contributed by atoms with Crippen LogP contribution in [-0.2, 0) is 0 Å². The van der Waals surface area contributed by atoms with Crippen LogP contribution in [0.3, 0.4) is 0 Å². The van der Waals surface area contributed by atoms with Crippen LogP contribution in [0.4, 0.5) is 10.1 Å². The standard InChI is InChI=1S/C12H7Cl3FNO/c13-6-2-1-3-10(12(6)16)18-11-5-8(15)7(14)4-9(11)17/h1-5H,17H2. The zero-order chi connectivity index (χ0) is 13.3. The van der Waals surface area contributed by atoms with E-state index in [1.807, 2.05) is 0 Å². The molecule has 18 heavy (non-hydrogen) atoms. The first kappa shape index (κ1) is 13.3. The third-order valence-corrected chi connectivity index (χ3v) is 3.20. The van der Waals surface area contributed by atoms with Crippen molar-refractivity contribution in [1.29, 1.82) is 0 Å². The fraction of sp³-hybridized carbons (Fsp3) is 0. The van der Waals surface area contributed by atoms with E-state index in [1.54, 1.807) is 6.07 Å². The van der Waals surface area contributed by atoms with Crippen molar-refractivity contribution in [2.45, 2.75) is 0 Å². The normalized spacial score (nSPS) is 10.4. The molecule has 0 aliphatic carbocycles. The molecule has 0 saturated carbocycles. The first-order valence-corrected chi connectivity index (χ1v) is 5.99. The number of benzene rings is 2. The second-order valence-electron chi connectivity index (χ2n) is 3.46. The number of hydrogen-bond acceptors (Lipinski definition) is 2.